The minimum atomic E-state index is -0.373. The lowest BCUT2D eigenvalue weighted by atomic mass is 10.2. The summed E-state index contributed by atoms with van der Waals surface area (Å²) in [6.07, 6.45) is 4.75. The van der Waals surface area contributed by atoms with Crippen LogP contribution in [0.1, 0.15) is 18.9 Å². The lowest BCUT2D eigenvalue weighted by molar-refractivity contribution is 0.513. The topological polar surface area (TPSA) is 98.7 Å². The normalized spacial score (nSPS) is 10.8. The smallest absolute Gasteiger partial charge is 0.328 e. The van der Waals surface area contributed by atoms with Gasteiger partial charge in [0.15, 0.2) is 0 Å². The average Bonchev–Trinajstić information content (AvgIpc) is 2.78. The van der Waals surface area contributed by atoms with E-state index in [1.54, 1.807) is 23.1 Å². The highest BCUT2D eigenvalue weighted by molar-refractivity contribution is 5.23. The van der Waals surface area contributed by atoms with E-state index >= 15 is 0 Å². The molecule has 2 heterocycles. The van der Waals surface area contributed by atoms with E-state index in [-0.39, 0.29) is 11.2 Å². The molecule has 0 amide bonds. The van der Waals surface area contributed by atoms with E-state index in [2.05, 4.69) is 10.1 Å². The highest BCUT2D eigenvalue weighted by Crippen LogP contribution is 1.98. The van der Waals surface area contributed by atoms with E-state index < -0.39 is 0 Å². The van der Waals surface area contributed by atoms with Crippen LogP contribution in [0.3, 0.4) is 0 Å². The number of nitrogens with two attached hydrogens (primary N) is 1. The number of hydrogen-bond acceptors (Lipinski definition) is 4. The zero-order valence-electron chi connectivity index (χ0n) is 10.8. The number of aromatic amines is 1. The summed E-state index contributed by atoms with van der Waals surface area (Å²) in [5.74, 6) is 0.481. The molecule has 19 heavy (non-hydrogen) atoms. The molecule has 0 saturated heterocycles. The summed E-state index contributed by atoms with van der Waals surface area (Å²) in [5.41, 5.74) is 5.45. The summed E-state index contributed by atoms with van der Waals surface area (Å²) >= 11 is 0. The van der Waals surface area contributed by atoms with E-state index in [1.165, 1.54) is 4.57 Å². The summed E-state index contributed by atoms with van der Waals surface area (Å²) < 4.78 is 3.25. The Balaban J connectivity index is 2.03. The molecule has 0 spiro atoms. The molecule has 2 aromatic heterocycles. The number of anilines is 1. The predicted octanol–water partition coefficient (Wildman–Crippen LogP) is -0.0320. The van der Waals surface area contributed by atoms with Crippen molar-refractivity contribution in [3.63, 3.8) is 0 Å². The van der Waals surface area contributed by atoms with E-state index in [9.17, 15) is 9.59 Å². The van der Waals surface area contributed by atoms with Gasteiger partial charge in [0.25, 0.3) is 5.56 Å². The zero-order chi connectivity index (χ0) is 13.8. The molecule has 7 nitrogen and oxygen atoms in total. The second kappa shape index (κ2) is 5.55. The highest BCUT2D eigenvalue weighted by atomic mass is 16.2. The molecular formula is C12H17N5O2. The van der Waals surface area contributed by atoms with Crippen LogP contribution in [-0.4, -0.2) is 19.3 Å². The first kappa shape index (κ1) is 13.1. The predicted molar refractivity (Wildman–Crippen MR) is 72.0 cm³/mol. The van der Waals surface area contributed by atoms with Gasteiger partial charge < -0.3 is 10.3 Å². The number of nitrogens with zero attached hydrogens (tertiary/aromatic N) is 3. The molecule has 102 valence electrons. The number of H-pyrrole nitrogens is 1. The van der Waals surface area contributed by atoms with Gasteiger partial charge in [-0.15, -0.1) is 0 Å². The Morgan fingerprint density at radius 3 is 2.79 bits per heavy atom. The van der Waals surface area contributed by atoms with Gasteiger partial charge >= 0.3 is 5.69 Å². The van der Waals surface area contributed by atoms with Crippen molar-refractivity contribution in [2.24, 2.45) is 0 Å². The maximum atomic E-state index is 11.6. The Morgan fingerprint density at radius 1 is 1.37 bits per heavy atom. The van der Waals surface area contributed by atoms with Gasteiger partial charge in [-0.1, -0.05) is 6.92 Å². The van der Waals surface area contributed by atoms with Crippen molar-refractivity contribution in [3.8, 4) is 0 Å². The molecule has 0 aliphatic rings. The first-order chi connectivity index (χ1) is 9.10. The van der Waals surface area contributed by atoms with E-state index in [0.29, 0.717) is 30.9 Å². The van der Waals surface area contributed by atoms with Crippen molar-refractivity contribution in [1.82, 2.24) is 19.3 Å². The molecule has 2 aromatic rings. The van der Waals surface area contributed by atoms with Gasteiger partial charge in [0.05, 0.1) is 0 Å². The number of hydrogen-bond donors (Lipinski definition) is 2. The van der Waals surface area contributed by atoms with Gasteiger partial charge in [-0.3, -0.25) is 14.5 Å². The minimum absolute atomic E-state index is 0.302. The Hall–Kier alpha value is -2.31. The van der Waals surface area contributed by atoms with E-state index in [0.717, 1.165) is 6.42 Å². The molecule has 7 heteroatoms. The van der Waals surface area contributed by atoms with Crippen LogP contribution in [0.5, 0.6) is 0 Å². The Bertz CT molecular complexity index is 667. The molecule has 0 unspecified atom stereocenters. The summed E-state index contributed by atoms with van der Waals surface area (Å²) in [6.45, 7) is 3.08. The molecule has 0 saturated carbocycles. The molecule has 0 bridgehead atoms. The molecule has 0 aromatic carbocycles. The van der Waals surface area contributed by atoms with Gasteiger partial charge in [-0.2, -0.15) is 5.10 Å². The average molecular weight is 263 g/mol. The monoisotopic (exact) mass is 263 g/mol. The van der Waals surface area contributed by atoms with Crippen molar-refractivity contribution in [1.29, 1.82) is 0 Å². The second-order valence-corrected chi connectivity index (χ2v) is 4.32. The number of aryl methyl sites for hydroxylation is 3. The van der Waals surface area contributed by atoms with Crippen LogP contribution in [0.4, 0.5) is 5.82 Å². The van der Waals surface area contributed by atoms with Crippen molar-refractivity contribution in [3.05, 3.63) is 44.9 Å². The molecule has 2 rings (SSSR count). The van der Waals surface area contributed by atoms with Gasteiger partial charge in [0.2, 0.25) is 0 Å². The Kier molecular flexibility index (Phi) is 3.84. The largest absolute Gasteiger partial charge is 0.382 e. The molecule has 0 atom stereocenters. The minimum Gasteiger partial charge on any atom is -0.382 e. The molecule has 3 N–H and O–H groups in total. The van der Waals surface area contributed by atoms with Gasteiger partial charge in [-0.05, 0) is 18.9 Å². The molecule has 0 aliphatic carbocycles. The van der Waals surface area contributed by atoms with Crippen molar-refractivity contribution in [2.45, 2.75) is 32.9 Å². The quantitative estimate of drug-likeness (QED) is 0.791. The lowest BCUT2D eigenvalue weighted by Gasteiger charge is -2.06. The van der Waals surface area contributed by atoms with Crippen LogP contribution in [0.25, 0.3) is 0 Å². The van der Waals surface area contributed by atoms with Crippen LogP contribution in [-0.2, 0) is 19.5 Å². The zero-order valence-corrected chi connectivity index (χ0v) is 10.8. The fourth-order valence-electron chi connectivity index (χ4n) is 1.88. The molecular weight excluding hydrogens is 246 g/mol. The summed E-state index contributed by atoms with van der Waals surface area (Å²) in [5, 5.41) is 4.06. The molecule has 0 fully saturated rings. The number of nitrogen functional groups attached to an aromatic ring is 1. The lowest BCUT2D eigenvalue weighted by Crippen LogP contribution is -2.31. The SMILES string of the molecule is CCc1cn(CCCn2ccc(N)n2)c(=O)[nH]c1=O. The Labute approximate surface area is 109 Å². The Morgan fingerprint density at radius 2 is 2.16 bits per heavy atom. The standard InChI is InChI=1S/C12H17N5O2/c1-2-9-8-16(12(19)14-11(9)18)5-3-6-17-7-4-10(13)15-17/h4,7-8H,2-3,5-6H2,1H3,(H2,13,15)(H,14,18,19). The van der Waals surface area contributed by atoms with Gasteiger partial charge in [0.1, 0.15) is 5.82 Å². The highest BCUT2D eigenvalue weighted by Gasteiger charge is 2.03. The molecule has 0 radical (unpaired) electrons. The maximum Gasteiger partial charge on any atom is 0.328 e. The van der Waals surface area contributed by atoms with Gasteiger partial charge in [-0.25, -0.2) is 4.79 Å². The third kappa shape index (κ3) is 3.12. The fraction of sp³-hybridized carbons (Fsp3) is 0.417. The van der Waals surface area contributed by atoms with Crippen LogP contribution in [0.15, 0.2) is 28.0 Å². The van der Waals surface area contributed by atoms with Gasteiger partial charge in [0, 0.05) is 31.0 Å². The van der Waals surface area contributed by atoms with Crippen LogP contribution in [0, 0.1) is 0 Å². The summed E-state index contributed by atoms with van der Waals surface area (Å²) in [7, 11) is 0. The second-order valence-electron chi connectivity index (χ2n) is 4.32. The van der Waals surface area contributed by atoms with Crippen LogP contribution in [0.2, 0.25) is 0 Å². The number of aromatic nitrogens is 4. The van der Waals surface area contributed by atoms with Crippen molar-refractivity contribution >= 4 is 5.82 Å². The number of rotatable bonds is 5. The van der Waals surface area contributed by atoms with Crippen LogP contribution < -0.4 is 17.0 Å². The van der Waals surface area contributed by atoms with E-state index in [4.69, 9.17) is 5.73 Å². The van der Waals surface area contributed by atoms with E-state index in [1.807, 2.05) is 6.92 Å². The number of nitrogens with one attached hydrogen (secondary N) is 1. The third-order valence-electron chi connectivity index (χ3n) is 2.91. The molecule has 0 aliphatic heterocycles. The summed E-state index contributed by atoms with van der Waals surface area (Å²) in [4.78, 5) is 25.4. The third-order valence-corrected chi connectivity index (χ3v) is 2.91. The summed E-state index contributed by atoms with van der Waals surface area (Å²) in [6, 6.07) is 1.72. The maximum absolute atomic E-state index is 11.6. The van der Waals surface area contributed by atoms with Crippen molar-refractivity contribution in [2.75, 3.05) is 5.73 Å². The van der Waals surface area contributed by atoms with Crippen LogP contribution >= 0.6 is 0 Å². The first-order valence-corrected chi connectivity index (χ1v) is 6.21. The fourth-order valence-corrected chi connectivity index (χ4v) is 1.88. The van der Waals surface area contributed by atoms with Crippen molar-refractivity contribution < 1.29 is 0 Å². The first-order valence-electron chi connectivity index (χ1n) is 6.21.